The number of nitro benzene ring substituents is 1. The molecule has 0 amide bonds. The topological polar surface area (TPSA) is 116 Å². The standard InChI is InChI=1S/C11H15N3O5S/c1-19-8-4-5-10(9(7-8)14(15)16)20(17,18)13-6-2-3-11(13)12/h4-5,7,11H,2-3,6,12H2,1H3. The summed E-state index contributed by atoms with van der Waals surface area (Å²) in [5.74, 6) is 0.223. The molecule has 1 unspecified atom stereocenters. The Labute approximate surface area is 116 Å². The number of ether oxygens (including phenoxy) is 1. The van der Waals surface area contributed by atoms with Gasteiger partial charge in [0.2, 0.25) is 0 Å². The maximum absolute atomic E-state index is 12.5. The summed E-state index contributed by atoms with van der Waals surface area (Å²) in [4.78, 5) is 9.97. The van der Waals surface area contributed by atoms with Crippen LogP contribution in [0.2, 0.25) is 0 Å². The van der Waals surface area contributed by atoms with Crippen LogP contribution in [0.5, 0.6) is 5.75 Å². The molecule has 0 aromatic heterocycles. The zero-order valence-electron chi connectivity index (χ0n) is 10.9. The summed E-state index contributed by atoms with van der Waals surface area (Å²) < 4.78 is 30.9. The number of methoxy groups -OCH3 is 1. The SMILES string of the molecule is COc1ccc(S(=O)(=O)N2CCCC2N)c([N+](=O)[O-])c1. The molecule has 1 heterocycles. The van der Waals surface area contributed by atoms with Gasteiger partial charge >= 0.3 is 0 Å². The minimum atomic E-state index is -3.98. The van der Waals surface area contributed by atoms with Crippen LogP contribution in [0.4, 0.5) is 5.69 Å². The highest BCUT2D eigenvalue weighted by Gasteiger charge is 2.37. The fourth-order valence-electron chi connectivity index (χ4n) is 2.18. The van der Waals surface area contributed by atoms with Gasteiger partial charge in [-0.25, -0.2) is 8.42 Å². The average molecular weight is 301 g/mol. The first-order valence-electron chi connectivity index (χ1n) is 5.98. The van der Waals surface area contributed by atoms with Gasteiger partial charge in [0.25, 0.3) is 15.7 Å². The lowest BCUT2D eigenvalue weighted by Crippen LogP contribution is -2.41. The number of rotatable bonds is 4. The molecular weight excluding hydrogens is 286 g/mol. The largest absolute Gasteiger partial charge is 0.497 e. The molecule has 0 radical (unpaired) electrons. The van der Waals surface area contributed by atoms with Gasteiger partial charge in [-0.3, -0.25) is 10.1 Å². The van der Waals surface area contributed by atoms with Gasteiger partial charge in [-0.15, -0.1) is 0 Å². The molecule has 2 N–H and O–H groups in total. The van der Waals surface area contributed by atoms with Gasteiger partial charge in [0, 0.05) is 6.54 Å². The molecule has 0 bridgehead atoms. The molecule has 20 heavy (non-hydrogen) atoms. The van der Waals surface area contributed by atoms with Crippen LogP contribution in [0.15, 0.2) is 23.1 Å². The van der Waals surface area contributed by atoms with Crippen LogP contribution in [-0.4, -0.2) is 37.5 Å². The summed E-state index contributed by atoms with van der Waals surface area (Å²) in [5, 5.41) is 11.1. The van der Waals surface area contributed by atoms with Crippen molar-refractivity contribution in [2.75, 3.05) is 13.7 Å². The Morgan fingerprint density at radius 2 is 2.20 bits per heavy atom. The predicted octanol–water partition coefficient (Wildman–Crippen LogP) is 0.673. The third kappa shape index (κ3) is 2.47. The van der Waals surface area contributed by atoms with Crippen LogP contribution in [0.3, 0.4) is 0 Å². The fraction of sp³-hybridized carbons (Fsp3) is 0.455. The molecule has 1 aliphatic heterocycles. The minimum Gasteiger partial charge on any atom is -0.497 e. The van der Waals surface area contributed by atoms with Crippen LogP contribution in [-0.2, 0) is 10.0 Å². The normalized spacial score (nSPS) is 20.0. The van der Waals surface area contributed by atoms with Crippen LogP contribution >= 0.6 is 0 Å². The zero-order valence-corrected chi connectivity index (χ0v) is 11.7. The van der Waals surface area contributed by atoms with Crippen molar-refractivity contribution in [3.05, 3.63) is 28.3 Å². The zero-order chi connectivity index (χ0) is 14.9. The molecular formula is C11H15N3O5S. The summed E-state index contributed by atoms with van der Waals surface area (Å²) in [6.45, 7) is 0.271. The van der Waals surface area contributed by atoms with Gasteiger partial charge in [-0.05, 0) is 25.0 Å². The molecule has 1 aromatic rings. The van der Waals surface area contributed by atoms with Gasteiger partial charge in [-0.2, -0.15) is 4.31 Å². The predicted molar refractivity (Wildman–Crippen MR) is 70.7 cm³/mol. The fourth-order valence-corrected chi connectivity index (χ4v) is 3.90. The molecule has 2 rings (SSSR count). The van der Waals surface area contributed by atoms with E-state index in [1.165, 1.54) is 19.2 Å². The van der Waals surface area contributed by atoms with E-state index < -0.39 is 26.8 Å². The molecule has 1 aliphatic rings. The Balaban J connectivity index is 2.54. The highest BCUT2D eigenvalue weighted by atomic mass is 32.2. The van der Waals surface area contributed by atoms with Gasteiger partial charge in [0.05, 0.1) is 24.3 Å². The Kier molecular flexibility index (Phi) is 3.93. The van der Waals surface area contributed by atoms with Crippen LogP contribution in [0, 0.1) is 10.1 Å². The highest BCUT2D eigenvalue weighted by Crippen LogP contribution is 2.32. The monoisotopic (exact) mass is 301 g/mol. The van der Waals surface area contributed by atoms with Crippen molar-refractivity contribution < 1.29 is 18.1 Å². The molecule has 9 heteroatoms. The average Bonchev–Trinajstić information content (AvgIpc) is 2.84. The smallest absolute Gasteiger partial charge is 0.293 e. The first-order valence-corrected chi connectivity index (χ1v) is 7.42. The second-order valence-electron chi connectivity index (χ2n) is 4.42. The Morgan fingerprint density at radius 3 is 2.70 bits per heavy atom. The van der Waals surface area contributed by atoms with Crippen molar-refractivity contribution in [2.45, 2.75) is 23.9 Å². The second-order valence-corrected chi connectivity index (χ2v) is 6.28. The summed E-state index contributed by atoms with van der Waals surface area (Å²) in [7, 11) is -2.63. The number of nitro groups is 1. The number of sulfonamides is 1. The van der Waals surface area contributed by atoms with E-state index in [0.717, 1.165) is 10.4 Å². The lowest BCUT2D eigenvalue weighted by Gasteiger charge is -2.20. The van der Waals surface area contributed by atoms with E-state index in [2.05, 4.69) is 0 Å². The Hall–Kier alpha value is -1.71. The van der Waals surface area contributed by atoms with Gasteiger partial charge in [0.1, 0.15) is 5.75 Å². The minimum absolute atomic E-state index is 0.223. The third-order valence-electron chi connectivity index (χ3n) is 3.20. The van der Waals surface area contributed by atoms with Crippen LogP contribution in [0.1, 0.15) is 12.8 Å². The summed E-state index contributed by atoms with van der Waals surface area (Å²) in [5.41, 5.74) is 5.23. The van der Waals surface area contributed by atoms with E-state index in [9.17, 15) is 18.5 Å². The number of hydrogen-bond acceptors (Lipinski definition) is 6. The Bertz CT molecular complexity index is 631. The molecule has 1 fully saturated rings. The molecule has 110 valence electrons. The maximum atomic E-state index is 12.5. The number of nitrogens with two attached hydrogens (primary N) is 1. The van der Waals surface area contributed by atoms with E-state index in [-0.39, 0.29) is 17.2 Å². The molecule has 1 aromatic carbocycles. The quantitative estimate of drug-likeness (QED) is 0.645. The second kappa shape index (κ2) is 5.35. The van der Waals surface area contributed by atoms with Crippen molar-refractivity contribution in [3.63, 3.8) is 0 Å². The lowest BCUT2D eigenvalue weighted by molar-refractivity contribution is -0.387. The molecule has 1 saturated heterocycles. The number of hydrogen-bond donors (Lipinski definition) is 1. The van der Waals surface area contributed by atoms with Gasteiger partial charge < -0.3 is 10.5 Å². The van der Waals surface area contributed by atoms with Crippen molar-refractivity contribution in [3.8, 4) is 5.75 Å². The van der Waals surface area contributed by atoms with Crippen molar-refractivity contribution in [2.24, 2.45) is 5.73 Å². The Morgan fingerprint density at radius 1 is 1.50 bits per heavy atom. The molecule has 1 atom stereocenters. The van der Waals surface area contributed by atoms with Gasteiger partial charge in [0.15, 0.2) is 4.90 Å². The summed E-state index contributed by atoms with van der Waals surface area (Å²) in [6.07, 6.45) is 0.551. The molecule has 0 saturated carbocycles. The van der Waals surface area contributed by atoms with E-state index in [4.69, 9.17) is 10.5 Å². The van der Waals surface area contributed by atoms with Crippen molar-refractivity contribution in [1.82, 2.24) is 4.31 Å². The lowest BCUT2D eigenvalue weighted by atomic mass is 10.3. The van der Waals surface area contributed by atoms with Crippen LogP contribution < -0.4 is 10.5 Å². The first-order chi connectivity index (χ1) is 9.37. The molecule has 0 aliphatic carbocycles. The number of nitrogens with zero attached hydrogens (tertiary/aromatic N) is 2. The van der Waals surface area contributed by atoms with E-state index >= 15 is 0 Å². The summed E-state index contributed by atoms with van der Waals surface area (Å²) >= 11 is 0. The maximum Gasteiger partial charge on any atom is 0.293 e. The molecule has 0 spiro atoms. The van der Waals surface area contributed by atoms with Crippen molar-refractivity contribution in [1.29, 1.82) is 0 Å². The molecule has 8 nitrogen and oxygen atoms in total. The third-order valence-corrected chi connectivity index (χ3v) is 5.17. The van der Waals surface area contributed by atoms with Crippen LogP contribution in [0.25, 0.3) is 0 Å². The highest BCUT2D eigenvalue weighted by molar-refractivity contribution is 7.89. The van der Waals surface area contributed by atoms with Crippen molar-refractivity contribution >= 4 is 15.7 Å². The van der Waals surface area contributed by atoms with E-state index in [0.29, 0.717) is 12.8 Å². The summed E-state index contributed by atoms with van der Waals surface area (Å²) in [6, 6.07) is 3.65. The van der Waals surface area contributed by atoms with E-state index in [1.807, 2.05) is 0 Å². The first kappa shape index (κ1) is 14.7. The van der Waals surface area contributed by atoms with E-state index in [1.54, 1.807) is 0 Å². The number of benzene rings is 1. The van der Waals surface area contributed by atoms with Gasteiger partial charge in [-0.1, -0.05) is 0 Å².